The Morgan fingerprint density at radius 1 is 0.818 bits per heavy atom. The summed E-state index contributed by atoms with van der Waals surface area (Å²) in [7, 11) is 0. The van der Waals surface area contributed by atoms with Gasteiger partial charge in [-0.15, -0.1) is 0 Å². The van der Waals surface area contributed by atoms with Crippen molar-refractivity contribution < 1.29 is 36.6 Å². The van der Waals surface area contributed by atoms with Gasteiger partial charge in [0.2, 0.25) is 0 Å². The first kappa shape index (κ1) is 11.6. The molecule has 0 bridgehead atoms. The molecule has 11 heavy (non-hydrogen) atoms. The van der Waals surface area contributed by atoms with E-state index in [0.29, 0.717) is 0 Å². The molecule has 0 saturated heterocycles. The molecule has 0 aliphatic rings. The van der Waals surface area contributed by atoms with E-state index in [-0.39, 0.29) is 12.2 Å². The predicted molar refractivity (Wildman–Crippen MR) is 34.6 cm³/mol. The molecule has 0 unspecified atom stereocenters. The number of hydrogen-bond donors (Lipinski definition) is 0. The molecule has 0 aliphatic heterocycles. The average Bonchev–Trinajstić information content (AvgIpc) is 1.85. The minimum absolute atomic E-state index is 0.0707. The predicted octanol–water partition coefficient (Wildman–Crippen LogP) is 1.61. The molecular weight excluding hydrogens is 184 g/mol. The molecule has 0 saturated carbocycles. The Morgan fingerprint density at radius 2 is 1.18 bits per heavy atom. The normalized spacial score (nSPS) is 11.1. The van der Waals surface area contributed by atoms with Crippen LogP contribution in [0.4, 0.5) is 0 Å². The van der Waals surface area contributed by atoms with Crippen LogP contribution in [0, 0.1) is 0 Å². The summed E-state index contributed by atoms with van der Waals surface area (Å²) in [6.45, 7) is 7.54. The zero-order chi connectivity index (χ0) is 8.69. The van der Waals surface area contributed by atoms with E-state index in [9.17, 15) is 0 Å². The standard InChI is InChI=1S/2C3H8O2.Ti/c2*1-3(2)5-4;/h2*3-4H,1-2H3;/q;;+2/p-2. The van der Waals surface area contributed by atoms with Crippen molar-refractivity contribution in [3.63, 3.8) is 0 Å². The zero-order valence-corrected chi connectivity index (χ0v) is 8.85. The first-order chi connectivity index (χ1) is 5.13. The van der Waals surface area contributed by atoms with Gasteiger partial charge in [-0.05, 0) is 0 Å². The van der Waals surface area contributed by atoms with Gasteiger partial charge in [-0.1, -0.05) is 0 Å². The summed E-state index contributed by atoms with van der Waals surface area (Å²) in [4.78, 5) is 9.55. The van der Waals surface area contributed by atoms with Crippen molar-refractivity contribution in [3.05, 3.63) is 0 Å². The van der Waals surface area contributed by atoms with Crippen LogP contribution in [0.15, 0.2) is 0 Å². The molecule has 0 heterocycles. The van der Waals surface area contributed by atoms with E-state index >= 15 is 0 Å². The molecule has 0 radical (unpaired) electrons. The second kappa shape index (κ2) is 7.22. The van der Waals surface area contributed by atoms with Crippen molar-refractivity contribution >= 4 is 0 Å². The Kier molecular flexibility index (Phi) is 7.58. The summed E-state index contributed by atoms with van der Waals surface area (Å²) in [5, 5.41) is 0. The van der Waals surface area contributed by atoms with Crippen LogP contribution in [-0.2, 0) is 36.6 Å². The Bertz CT molecular complexity index is 76.7. The first-order valence-electron chi connectivity index (χ1n) is 3.52. The summed E-state index contributed by atoms with van der Waals surface area (Å²) >= 11 is -1.01. The molecule has 0 spiro atoms. The van der Waals surface area contributed by atoms with Crippen LogP contribution in [0.25, 0.3) is 0 Å². The van der Waals surface area contributed by atoms with Crippen LogP contribution in [0.2, 0.25) is 0 Å². The fourth-order valence-electron chi connectivity index (χ4n) is 0.246. The van der Waals surface area contributed by atoms with Crippen molar-refractivity contribution in [1.82, 2.24) is 0 Å². The third kappa shape index (κ3) is 10.6. The second-order valence-corrected chi connectivity index (χ2v) is 3.32. The summed E-state index contributed by atoms with van der Waals surface area (Å²) in [5.74, 6) is 0. The molecule has 0 N–H and O–H groups in total. The quantitative estimate of drug-likeness (QED) is 0.281. The summed E-state index contributed by atoms with van der Waals surface area (Å²) < 4.78 is 9.45. The Hall–Kier alpha value is 0.554. The number of rotatable bonds is 6. The summed E-state index contributed by atoms with van der Waals surface area (Å²) in [6.07, 6.45) is 0.141. The van der Waals surface area contributed by atoms with Crippen LogP contribution < -0.4 is 0 Å². The van der Waals surface area contributed by atoms with E-state index < -0.39 is 19.9 Å². The molecule has 0 fully saturated rings. The summed E-state index contributed by atoms with van der Waals surface area (Å²) in [5.41, 5.74) is 0. The molecular formula is C6H14O4Ti. The van der Waals surface area contributed by atoms with Gasteiger partial charge in [0.25, 0.3) is 0 Å². The van der Waals surface area contributed by atoms with Gasteiger partial charge in [-0.3, -0.25) is 0 Å². The van der Waals surface area contributed by atoms with E-state index in [1.54, 1.807) is 0 Å². The fourth-order valence-corrected chi connectivity index (χ4v) is 1.01. The van der Waals surface area contributed by atoms with Crippen LogP contribution in [0.1, 0.15) is 27.7 Å². The van der Waals surface area contributed by atoms with Gasteiger partial charge >= 0.3 is 76.5 Å². The minimum atomic E-state index is -1.01. The molecule has 0 aromatic carbocycles. The van der Waals surface area contributed by atoms with Crippen LogP contribution in [-0.4, -0.2) is 12.2 Å². The van der Waals surface area contributed by atoms with Crippen LogP contribution in [0.3, 0.4) is 0 Å². The van der Waals surface area contributed by atoms with E-state index in [2.05, 4.69) is 0 Å². The number of hydrogen-bond acceptors (Lipinski definition) is 4. The van der Waals surface area contributed by atoms with Crippen molar-refractivity contribution in [2.24, 2.45) is 0 Å². The third-order valence-corrected chi connectivity index (χ3v) is 1.06. The van der Waals surface area contributed by atoms with E-state index in [1.165, 1.54) is 0 Å². The fraction of sp³-hybridized carbons (Fsp3) is 1.00. The van der Waals surface area contributed by atoms with Crippen molar-refractivity contribution in [2.75, 3.05) is 0 Å². The van der Waals surface area contributed by atoms with Crippen molar-refractivity contribution in [2.45, 2.75) is 39.9 Å². The van der Waals surface area contributed by atoms with Crippen molar-refractivity contribution in [1.29, 1.82) is 0 Å². The van der Waals surface area contributed by atoms with Gasteiger partial charge in [0.15, 0.2) is 0 Å². The molecule has 0 aromatic heterocycles. The van der Waals surface area contributed by atoms with Gasteiger partial charge in [-0.25, -0.2) is 0 Å². The Morgan fingerprint density at radius 3 is 1.45 bits per heavy atom. The van der Waals surface area contributed by atoms with Gasteiger partial charge in [-0.2, -0.15) is 0 Å². The van der Waals surface area contributed by atoms with Gasteiger partial charge in [0, 0.05) is 0 Å². The van der Waals surface area contributed by atoms with E-state index in [4.69, 9.17) is 16.7 Å². The van der Waals surface area contributed by atoms with Crippen molar-refractivity contribution in [3.8, 4) is 0 Å². The zero-order valence-electron chi connectivity index (χ0n) is 7.29. The maximum atomic E-state index is 4.77. The first-order valence-corrected chi connectivity index (χ1v) is 4.80. The topological polar surface area (TPSA) is 36.9 Å². The maximum absolute atomic E-state index is 4.77. The Balaban J connectivity index is 2.91. The van der Waals surface area contributed by atoms with E-state index in [0.717, 1.165) is 0 Å². The molecule has 66 valence electrons. The summed E-state index contributed by atoms with van der Waals surface area (Å²) in [6, 6.07) is 0. The molecule has 0 aliphatic carbocycles. The molecule has 5 heteroatoms. The molecule has 0 aromatic rings. The van der Waals surface area contributed by atoms with Gasteiger partial charge in [0.05, 0.1) is 0 Å². The molecule has 4 nitrogen and oxygen atoms in total. The Labute approximate surface area is 76.9 Å². The van der Waals surface area contributed by atoms with Gasteiger partial charge in [0.1, 0.15) is 0 Å². The third-order valence-electron chi connectivity index (χ3n) is 0.549. The van der Waals surface area contributed by atoms with Gasteiger partial charge < -0.3 is 0 Å². The van der Waals surface area contributed by atoms with Crippen LogP contribution >= 0.6 is 0 Å². The molecule has 0 atom stereocenters. The molecule has 0 amide bonds. The second-order valence-electron chi connectivity index (χ2n) is 2.54. The SMILES string of the molecule is CC(C)O[O][Ti][O]OC(C)C. The molecule has 0 rings (SSSR count). The van der Waals surface area contributed by atoms with E-state index in [1.807, 2.05) is 27.7 Å². The van der Waals surface area contributed by atoms with Crippen LogP contribution in [0.5, 0.6) is 0 Å². The monoisotopic (exact) mass is 198 g/mol. The average molecular weight is 198 g/mol.